The molecule has 0 fully saturated rings. The molecule has 0 amide bonds. The first-order valence-electron chi connectivity index (χ1n) is 7.37. The lowest BCUT2D eigenvalue weighted by Crippen LogP contribution is -2.29. The van der Waals surface area contributed by atoms with Crippen LogP contribution in [0.4, 0.5) is 5.69 Å². The largest absolute Gasteiger partial charge is 0.377 e. The van der Waals surface area contributed by atoms with Gasteiger partial charge in [0, 0.05) is 29.0 Å². The van der Waals surface area contributed by atoms with Gasteiger partial charge in [-0.3, -0.25) is 4.98 Å². The first-order valence-corrected chi connectivity index (χ1v) is 7.75. The molecule has 1 aromatic heterocycles. The number of hydrogen-bond donors (Lipinski definition) is 1. The minimum Gasteiger partial charge on any atom is -0.377 e. The Morgan fingerprint density at radius 2 is 2.24 bits per heavy atom. The number of rotatable bonds is 1. The van der Waals surface area contributed by atoms with Gasteiger partial charge in [-0.15, -0.1) is 0 Å². The van der Waals surface area contributed by atoms with E-state index in [2.05, 4.69) is 41.5 Å². The summed E-state index contributed by atoms with van der Waals surface area (Å²) in [5.74, 6) is 0.989. The van der Waals surface area contributed by atoms with Crippen LogP contribution in [0.25, 0.3) is 0 Å². The van der Waals surface area contributed by atoms with Crippen molar-refractivity contribution in [3.63, 3.8) is 0 Å². The number of anilines is 1. The molecule has 4 rings (SSSR count). The Balaban J connectivity index is 1.84. The van der Waals surface area contributed by atoms with Crippen LogP contribution in [0.15, 0.2) is 48.8 Å². The highest BCUT2D eigenvalue weighted by Gasteiger charge is 2.38. The minimum atomic E-state index is 0.311. The smallest absolute Gasteiger partial charge is 0.0569 e. The first kappa shape index (κ1) is 12.9. The Hall–Kier alpha value is -1.80. The quantitative estimate of drug-likeness (QED) is 0.759. The highest BCUT2D eigenvalue weighted by atomic mass is 35.5. The second-order valence-electron chi connectivity index (χ2n) is 5.95. The highest BCUT2D eigenvalue weighted by Crippen LogP contribution is 2.51. The molecular formula is C18H17ClN2. The normalized spacial score (nSPS) is 26.1. The van der Waals surface area contributed by atoms with Crippen molar-refractivity contribution in [1.82, 2.24) is 4.98 Å². The molecule has 0 bridgehead atoms. The van der Waals surface area contributed by atoms with Crippen LogP contribution in [0.3, 0.4) is 0 Å². The molecule has 106 valence electrons. The van der Waals surface area contributed by atoms with Crippen LogP contribution < -0.4 is 5.32 Å². The van der Waals surface area contributed by atoms with Gasteiger partial charge in [-0.2, -0.15) is 0 Å². The zero-order valence-electron chi connectivity index (χ0n) is 11.9. The molecular weight excluding hydrogens is 280 g/mol. The summed E-state index contributed by atoms with van der Waals surface area (Å²) in [5.41, 5.74) is 5.04. The third-order valence-electron chi connectivity index (χ3n) is 4.67. The number of benzene rings is 1. The van der Waals surface area contributed by atoms with Crippen molar-refractivity contribution in [2.45, 2.75) is 25.3 Å². The molecule has 2 nitrogen and oxygen atoms in total. The van der Waals surface area contributed by atoms with Gasteiger partial charge < -0.3 is 5.32 Å². The predicted molar refractivity (Wildman–Crippen MR) is 86.8 cm³/mol. The SMILES string of the molecule is Cc1cc(Cl)cc2c1N[C@H](c1cccnc1)[C@@H]1CC=C[C@@H]21. The fourth-order valence-corrected chi connectivity index (χ4v) is 4.01. The van der Waals surface area contributed by atoms with E-state index in [-0.39, 0.29) is 0 Å². The van der Waals surface area contributed by atoms with Crippen LogP contribution in [0.2, 0.25) is 5.02 Å². The summed E-state index contributed by atoms with van der Waals surface area (Å²) < 4.78 is 0. The van der Waals surface area contributed by atoms with E-state index in [9.17, 15) is 0 Å². The van der Waals surface area contributed by atoms with Gasteiger partial charge in [-0.05, 0) is 54.2 Å². The highest BCUT2D eigenvalue weighted by molar-refractivity contribution is 6.30. The molecule has 21 heavy (non-hydrogen) atoms. The molecule has 2 aromatic rings. The second kappa shape index (κ2) is 4.88. The molecule has 2 heterocycles. The number of aryl methyl sites for hydroxylation is 1. The lowest BCUT2D eigenvalue weighted by atomic mass is 9.76. The maximum Gasteiger partial charge on any atom is 0.0569 e. The van der Waals surface area contributed by atoms with E-state index in [0.29, 0.717) is 17.9 Å². The maximum atomic E-state index is 6.26. The van der Waals surface area contributed by atoms with E-state index < -0.39 is 0 Å². The van der Waals surface area contributed by atoms with Crippen LogP contribution >= 0.6 is 11.6 Å². The molecule has 0 saturated heterocycles. The van der Waals surface area contributed by atoms with E-state index in [0.717, 1.165) is 11.4 Å². The topological polar surface area (TPSA) is 24.9 Å². The molecule has 0 spiro atoms. The van der Waals surface area contributed by atoms with Crippen LogP contribution in [0, 0.1) is 12.8 Å². The van der Waals surface area contributed by atoms with Gasteiger partial charge in [-0.1, -0.05) is 29.8 Å². The number of nitrogens with one attached hydrogen (secondary N) is 1. The molecule has 1 aromatic carbocycles. The number of hydrogen-bond acceptors (Lipinski definition) is 2. The molecule has 3 heteroatoms. The molecule has 1 aliphatic heterocycles. The van der Waals surface area contributed by atoms with Crippen molar-refractivity contribution in [1.29, 1.82) is 0 Å². The van der Waals surface area contributed by atoms with Crippen LogP contribution in [0.5, 0.6) is 0 Å². The molecule has 0 saturated carbocycles. The number of aromatic nitrogens is 1. The van der Waals surface area contributed by atoms with Gasteiger partial charge in [-0.25, -0.2) is 0 Å². The van der Waals surface area contributed by atoms with E-state index in [4.69, 9.17) is 11.6 Å². The van der Waals surface area contributed by atoms with E-state index >= 15 is 0 Å². The Bertz CT molecular complexity index is 709. The minimum absolute atomic E-state index is 0.311. The van der Waals surface area contributed by atoms with Crippen molar-refractivity contribution in [3.05, 3.63) is 70.5 Å². The lowest BCUT2D eigenvalue weighted by Gasteiger charge is -2.38. The average Bonchev–Trinajstić information content (AvgIpc) is 2.97. The summed E-state index contributed by atoms with van der Waals surface area (Å²) >= 11 is 6.26. The second-order valence-corrected chi connectivity index (χ2v) is 6.39. The predicted octanol–water partition coefficient (Wildman–Crippen LogP) is 4.87. The van der Waals surface area contributed by atoms with Crippen molar-refractivity contribution >= 4 is 17.3 Å². The summed E-state index contributed by atoms with van der Waals surface area (Å²) in [4.78, 5) is 4.29. The standard InChI is InChI=1S/C18H17ClN2/c1-11-8-13(19)9-16-14-5-2-6-15(14)18(21-17(11)16)12-4-3-7-20-10-12/h2-5,7-10,14-15,18,21H,6H2,1H3/t14-,15-,18-/m1/s1. The first-order chi connectivity index (χ1) is 10.2. The summed E-state index contributed by atoms with van der Waals surface area (Å²) in [6.07, 6.45) is 9.54. The van der Waals surface area contributed by atoms with Gasteiger partial charge in [0.25, 0.3) is 0 Å². The third kappa shape index (κ3) is 2.06. The number of fused-ring (bicyclic) bond motifs is 3. The van der Waals surface area contributed by atoms with Crippen molar-refractivity contribution in [3.8, 4) is 0 Å². The van der Waals surface area contributed by atoms with E-state index in [1.165, 1.54) is 22.4 Å². The Morgan fingerprint density at radius 3 is 3.05 bits per heavy atom. The number of nitrogens with zero attached hydrogens (tertiary/aromatic N) is 1. The van der Waals surface area contributed by atoms with Crippen LogP contribution in [-0.2, 0) is 0 Å². The molecule has 0 unspecified atom stereocenters. The number of pyridine rings is 1. The molecule has 1 N–H and O–H groups in total. The fraction of sp³-hybridized carbons (Fsp3) is 0.278. The van der Waals surface area contributed by atoms with Crippen molar-refractivity contribution < 1.29 is 0 Å². The molecule has 0 radical (unpaired) electrons. The number of halogens is 1. The van der Waals surface area contributed by atoms with Gasteiger partial charge in [0.15, 0.2) is 0 Å². The lowest BCUT2D eigenvalue weighted by molar-refractivity contribution is 0.424. The van der Waals surface area contributed by atoms with Crippen LogP contribution in [0.1, 0.15) is 35.1 Å². The Kier molecular flexibility index (Phi) is 3.00. The number of allylic oxidation sites excluding steroid dienone is 2. The molecule has 2 aliphatic rings. The van der Waals surface area contributed by atoms with Gasteiger partial charge in [0.05, 0.1) is 6.04 Å². The van der Waals surface area contributed by atoms with Gasteiger partial charge in [0.1, 0.15) is 0 Å². The van der Waals surface area contributed by atoms with Crippen molar-refractivity contribution in [2.75, 3.05) is 5.32 Å². The molecule has 1 aliphatic carbocycles. The summed E-state index contributed by atoms with van der Waals surface area (Å²) in [5, 5.41) is 4.57. The molecule has 3 atom stereocenters. The fourth-order valence-electron chi connectivity index (χ4n) is 3.73. The summed E-state index contributed by atoms with van der Waals surface area (Å²) in [7, 11) is 0. The van der Waals surface area contributed by atoms with E-state index in [1.54, 1.807) is 0 Å². The zero-order chi connectivity index (χ0) is 14.4. The Labute approximate surface area is 129 Å². The third-order valence-corrected chi connectivity index (χ3v) is 4.89. The summed E-state index contributed by atoms with van der Waals surface area (Å²) in [6, 6.07) is 8.64. The average molecular weight is 297 g/mol. The zero-order valence-corrected chi connectivity index (χ0v) is 12.6. The Morgan fingerprint density at radius 1 is 1.33 bits per heavy atom. The monoisotopic (exact) mass is 296 g/mol. The maximum absolute atomic E-state index is 6.26. The van der Waals surface area contributed by atoms with Crippen LogP contribution in [-0.4, -0.2) is 4.98 Å². The summed E-state index contributed by atoms with van der Waals surface area (Å²) in [6.45, 7) is 2.12. The van der Waals surface area contributed by atoms with Gasteiger partial charge >= 0.3 is 0 Å². The van der Waals surface area contributed by atoms with E-state index in [1.807, 2.05) is 24.5 Å². The van der Waals surface area contributed by atoms with Gasteiger partial charge in [0.2, 0.25) is 0 Å². The van der Waals surface area contributed by atoms with Crippen molar-refractivity contribution in [2.24, 2.45) is 5.92 Å².